The van der Waals surface area contributed by atoms with E-state index in [9.17, 15) is 9.59 Å². The lowest BCUT2D eigenvalue weighted by Crippen LogP contribution is -2.61. The number of esters is 1. The predicted molar refractivity (Wildman–Crippen MR) is 89.4 cm³/mol. The molecular weight excluding hydrogens is 302 g/mol. The molecule has 3 heterocycles. The molecule has 0 aromatic heterocycles. The largest absolute Gasteiger partial charge is 0.425 e. The van der Waals surface area contributed by atoms with Crippen molar-refractivity contribution in [2.45, 2.75) is 25.3 Å². The summed E-state index contributed by atoms with van der Waals surface area (Å²) >= 11 is 0. The van der Waals surface area contributed by atoms with Crippen LogP contribution in [-0.2, 0) is 11.2 Å². The number of rotatable bonds is 0. The highest BCUT2D eigenvalue weighted by Crippen LogP contribution is 2.50. The van der Waals surface area contributed by atoms with Gasteiger partial charge >= 0.3 is 5.97 Å². The molecule has 0 aliphatic carbocycles. The van der Waals surface area contributed by atoms with Gasteiger partial charge in [0.1, 0.15) is 5.75 Å². The topological polar surface area (TPSA) is 46.6 Å². The standard InChI is InChI=1S/C20H17NO3/c22-18-14-7-2-4-9-16(14)24-19(23)20(18)12-13-6-1-3-8-15(13)21-11-5-10-17(20)21/h1-4,6-9,17H,5,10-12H2/t17-,20-/m1/s1. The van der Waals surface area contributed by atoms with Crippen LogP contribution >= 0.6 is 0 Å². The minimum absolute atomic E-state index is 0.0826. The van der Waals surface area contributed by atoms with E-state index in [4.69, 9.17) is 4.74 Å². The first kappa shape index (κ1) is 13.8. The number of ether oxygens (including phenoxy) is 1. The number of nitrogens with zero attached hydrogens (tertiary/aromatic N) is 1. The molecule has 0 N–H and O–H groups in total. The van der Waals surface area contributed by atoms with Crippen molar-refractivity contribution in [2.24, 2.45) is 5.41 Å². The van der Waals surface area contributed by atoms with Gasteiger partial charge in [0, 0.05) is 12.2 Å². The van der Waals surface area contributed by atoms with Gasteiger partial charge in [-0.2, -0.15) is 0 Å². The molecule has 1 fully saturated rings. The van der Waals surface area contributed by atoms with Gasteiger partial charge in [-0.05, 0) is 43.0 Å². The van der Waals surface area contributed by atoms with Crippen molar-refractivity contribution in [3.8, 4) is 5.75 Å². The lowest BCUT2D eigenvalue weighted by atomic mass is 9.66. The first-order valence-corrected chi connectivity index (χ1v) is 8.42. The number of para-hydroxylation sites is 2. The number of hydrogen-bond donors (Lipinski definition) is 0. The molecule has 1 saturated heterocycles. The van der Waals surface area contributed by atoms with E-state index in [1.807, 2.05) is 24.3 Å². The van der Waals surface area contributed by atoms with Gasteiger partial charge in [0.05, 0.1) is 11.6 Å². The van der Waals surface area contributed by atoms with Crippen molar-refractivity contribution >= 4 is 17.4 Å². The van der Waals surface area contributed by atoms with Crippen LogP contribution in [0.3, 0.4) is 0 Å². The van der Waals surface area contributed by atoms with Gasteiger partial charge in [0.2, 0.25) is 0 Å². The zero-order chi connectivity index (χ0) is 16.3. The maximum Gasteiger partial charge on any atom is 0.327 e. The maximum atomic E-state index is 13.4. The number of carbonyl (C=O) groups is 2. The second kappa shape index (κ2) is 4.69. The van der Waals surface area contributed by atoms with E-state index < -0.39 is 11.4 Å². The zero-order valence-electron chi connectivity index (χ0n) is 13.2. The second-order valence-corrected chi connectivity index (χ2v) is 6.84. The Kier molecular flexibility index (Phi) is 2.70. The first-order valence-electron chi connectivity index (χ1n) is 8.42. The molecule has 2 aromatic carbocycles. The fourth-order valence-corrected chi connectivity index (χ4v) is 4.63. The van der Waals surface area contributed by atoms with Crippen LogP contribution in [0.2, 0.25) is 0 Å². The summed E-state index contributed by atoms with van der Waals surface area (Å²) in [4.78, 5) is 28.7. The van der Waals surface area contributed by atoms with E-state index >= 15 is 0 Å². The van der Waals surface area contributed by atoms with Crippen LogP contribution in [0, 0.1) is 5.41 Å². The molecule has 120 valence electrons. The summed E-state index contributed by atoms with van der Waals surface area (Å²) in [6.45, 7) is 0.881. The molecular formula is C20H17NO3. The number of ketones is 1. The molecule has 4 heteroatoms. The first-order chi connectivity index (χ1) is 11.7. The van der Waals surface area contributed by atoms with Gasteiger partial charge < -0.3 is 9.64 Å². The van der Waals surface area contributed by atoms with Crippen LogP contribution in [0.5, 0.6) is 5.75 Å². The highest BCUT2D eigenvalue weighted by Gasteiger charge is 2.61. The average molecular weight is 319 g/mol. The molecule has 0 saturated carbocycles. The van der Waals surface area contributed by atoms with Gasteiger partial charge in [-0.3, -0.25) is 9.59 Å². The van der Waals surface area contributed by atoms with Gasteiger partial charge in [-0.15, -0.1) is 0 Å². The fraction of sp³-hybridized carbons (Fsp3) is 0.300. The molecule has 0 unspecified atom stereocenters. The average Bonchev–Trinajstić information content (AvgIpc) is 3.10. The highest BCUT2D eigenvalue weighted by molar-refractivity contribution is 6.18. The van der Waals surface area contributed by atoms with Gasteiger partial charge in [-0.1, -0.05) is 30.3 Å². The number of fused-ring (bicyclic) bond motifs is 5. The summed E-state index contributed by atoms with van der Waals surface area (Å²) in [5.41, 5.74) is 1.63. The summed E-state index contributed by atoms with van der Waals surface area (Å²) in [5, 5.41) is 0. The number of hydrogen-bond acceptors (Lipinski definition) is 4. The van der Waals surface area contributed by atoms with Crippen LogP contribution in [-0.4, -0.2) is 24.3 Å². The van der Waals surface area contributed by atoms with Crippen LogP contribution in [0.4, 0.5) is 5.69 Å². The third kappa shape index (κ3) is 1.58. The molecule has 0 amide bonds. The van der Waals surface area contributed by atoms with Crippen molar-refractivity contribution in [1.29, 1.82) is 0 Å². The number of benzene rings is 2. The van der Waals surface area contributed by atoms with Crippen LogP contribution in [0.1, 0.15) is 28.8 Å². The SMILES string of the molecule is O=C1Oc2ccccc2C(=O)[C@]12Cc1ccccc1N1CCC[C@@H]12. The third-order valence-corrected chi connectivity index (χ3v) is 5.70. The Morgan fingerprint density at radius 1 is 1.04 bits per heavy atom. The predicted octanol–water partition coefficient (Wildman–Crippen LogP) is 3.00. The second-order valence-electron chi connectivity index (χ2n) is 6.84. The molecule has 0 radical (unpaired) electrons. The van der Waals surface area contributed by atoms with Crippen molar-refractivity contribution in [3.63, 3.8) is 0 Å². The monoisotopic (exact) mass is 319 g/mol. The minimum atomic E-state index is -1.11. The molecule has 0 bridgehead atoms. The van der Waals surface area contributed by atoms with Gasteiger partial charge in [0.15, 0.2) is 11.2 Å². The van der Waals surface area contributed by atoms with E-state index in [1.165, 1.54) is 0 Å². The number of Topliss-reactive ketones (excluding diaryl/α,β-unsaturated/α-hetero) is 1. The molecule has 3 aliphatic heterocycles. The van der Waals surface area contributed by atoms with Crippen LogP contribution in [0.15, 0.2) is 48.5 Å². The molecule has 4 nitrogen and oxygen atoms in total. The Morgan fingerprint density at radius 2 is 1.83 bits per heavy atom. The quantitative estimate of drug-likeness (QED) is 0.425. The molecule has 2 atom stereocenters. The number of carbonyl (C=O) groups excluding carboxylic acids is 2. The van der Waals surface area contributed by atoms with Gasteiger partial charge in [0.25, 0.3) is 0 Å². The summed E-state index contributed by atoms with van der Waals surface area (Å²) in [6.07, 6.45) is 2.26. The maximum absolute atomic E-state index is 13.4. The Balaban J connectivity index is 1.73. The van der Waals surface area contributed by atoms with E-state index in [2.05, 4.69) is 11.0 Å². The van der Waals surface area contributed by atoms with E-state index in [1.54, 1.807) is 18.2 Å². The van der Waals surface area contributed by atoms with Gasteiger partial charge in [-0.25, -0.2) is 0 Å². The Morgan fingerprint density at radius 3 is 2.75 bits per heavy atom. The zero-order valence-corrected chi connectivity index (χ0v) is 13.2. The number of anilines is 1. The summed E-state index contributed by atoms with van der Waals surface area (Å²) in [6, 6.07) is 15.1. The Bertz CT molecular complexity index is 875. The van der Waals surface area contributed by atoms with E-state index in [-0.39, 0.29) is 11.8 Å². The lowest BCUT2D eigenvalue weighted by molar-refractivity contribution is -0.145. The lowest BCUT2D eigenvalue weighted by Gasteiger charge is -2.47. The fourth-order valence-electron chi connectivity index (χ4n) is 4.63. The van der Waals surface area contributed by atoms with Crippen LogP contribution < -0.4 is 9.64 Å². The molecule has 5 rings (SSSR count). The van der Waals surface area contributed by atoms with Crippen LogP contribution in [0.25, 0.3) is 0 Å². The van der Waals surface area contributed by atoms with Crippen molar-refractivity contribution in [3.05, 3.63) is 59.7 Å². The molecule has 1 spiro atoms. The molecule has 2 aromatic rings. The van der Waals surface area contributed by atoms with Crippen molar-refractivity contribution in [2.75, 3.05) is 11.4 Å². The summed E-state index contributed by atoms with van der Waals surface area (Å²) in [5.74, 6) is -0.0834. The summed E-state index contributed by atoms with van der Waals surface area (Å²) in [7, 11) is 0. The van der Waals surface area contributed by atoms with E-state index in [0.717, 1.165) is 30.6 Å². The van der Waals surface area contributed by atoms with E-state index in [0.29, 0.717) is 17.7 Å². The summed E-state index contributed by atoms with van der Waals surface area (Å²) < 4.78 is 5.63. The van der Waals surface area contributed by atoms with Crippen molar-refractivity contribution < 1.29 is 14.3 Å². The Labute approximate surface area is 140 Å². The molecule has 24 heavy (non-hydrogen) atoms. The third-order valence-electron chi connectivity index (χ3n) is 5.70. The highest BCUT2D eigenvalue weighted by atomic mass is 16.5. The normalized spacial score (nSPS) is 27.5. The molecule has 3 aliphatic rings. The minimum Gasteiger partial charge on any atom is -0.425 e. The Hall–Kier alpha value is -2.62. The smallest absolute Gasteiger partial charge is 0.327 e. The van der Waals surface area contributed by atoms with Crippen molar-refractivity contribution in [1.82, 2.24) is 0 Å².